The van der Waals surface area contributed by atoms with Gasteiger partial charge in [0.2, 0.25) is 10.0 Å². The normalized spacial score (nSPS) is 19.3. The lowest BCUT2D eigenvalue weighted by Gasteiger charge is -2.36. The molecule has 0 unspecified atom stereocenters. The summed E-state index contributed by atoms with van der Waals surface area (Å²) in [6, 6.07) is 3.85. The summed E-state index contributed by atoms with van der Waals surface area (Å²) >= 11 is 0. The number of benzene rings is 1. The van der Waals surface area contributed by atoms with E-state index in [-0.39, 0.29) is 21.6 Å². The molecule has 21 heavy (non-hydrogen) atoms. The first-order valence-corrected chi connectivity index (χ1v) is 8.20. The summed E-state index contributed by atoms with van der Waals surface area (Å²) in [5.74, 6) is -1.27. The maximum absolute atomic E-state index is 12.7. The second-order valence-electron chi connectivity index (χ2n) is 6.13. The lowest BCUT2D eigenvalue weighted by atomic mass is 9.83. The van der Waals surface area contributed by atoms with Crippen LogP contribution in [-0.4, -0.2) is 36.9 Å². The molecule has 0 spiro atoms. The van der Waals surface area contributed by atoms with Crippen LogP contribution in [0.2, 0.25) is 0 Å². The van der Waals surface area contributed by atoms with Crippen molar-refractivity contribution in [2.75, 3.05) is 18.8 Å². The molecule has 0 atom stereocenters. The second kappa shape index (κ2) is 5.31. The first kappa shape index (κ1) is 15.8. The highest BCUT2D eigenvalue weighted by atomic mass is 32.2. The standard InChI is InChI=1S/C14H20N2O4S/c1-14(2)5-7-16(8-6-14)21(19,20)12-9-10(15)3-4-11(12)13(17)18/h3-4,9H,5-8,15H2,1-2H3,(H,17,18). The summed E-state index contributed by atoms with van der Waals surface area (Å²) in [6.07, 6.45) is 1.49. The zero-order valence-electron chi connectivity index (χ0n) is 12.2. The van der Waals surface area contributed by atoms with Gasteiger partial charge in [0, 0.05) is 18.8 Å². The molecule has 1 aliphatic heterocycles. The Morgan fingerprint density at radius 3 is 2.38 bits per heavy atom. The van der Waals surface area contributed by atoms with E-state index in [0.29, 0.717) is 13.1 Å². The van der Waals surface area contributed by atoms with Crippen molar-refractivity contribution >= 4 is 21.7 Å². The van der Waals surface area contributed by atoms with Crippen molar-refractivity contribution in [1.29, 1.82) is 0 Å². The molecule has 0 bridgehead atoms. The monoisotopic (exact) mass is 312 g/mol. The molecule has 7 heteroatoms. The SMILES string of the molecule is CC1(C)CCN(S(=O)(=O)c2cc(N)ccc2C(=O)O)CC1. The quantitative estimate of drug-likeness (QED) is 0.829. The average Bonchev–Trinajstić information content (AvgIpc) is 2.37. The van der Waals surface area contributed by atoms with E-state index in [9.17, 15) is 18.3 Å². The Kier molecular flexibility index (Phi) is 3.99. The van der Waals surface area contributed by atoms with Gasteiger partial charge in [-0.1, -0.05) is 13.8 Å². The Hall–Kier alpha value is -1.60. The smallest absolute Gasteiger partial charge is 0.337 e. The van der Waals surface area contributed by atoms with E-state index in [1.807, 2.05) is 0 Å². The molecule has 116 valence electrons. The molecular formula is C14H20N2O4S. The molecule has 0 aromatic heterocycles. The van der Waals surface area contributed by atoms with Crippen LogP contribution in [0.15, 0.2) is 23.1 Å². The van der Waals surface area contributed by atoms with Crippen molar-refractivity contribution in [2.45, 2.75) is 31.6 Å². The Morgan fingerprint density at radius 2 is 1.86 bits per heavy atom. The molecular weight excluding hydrogens is 292 g/mol. The Morgan fingerprint density at radius 1 is 1.29 bits per heavy atom. The van der Waals surface area contributed by atoms with E-state index in [0.717, 1.165) is 12.8 Å². The van der Waals surface area contributed by atoms with Crippen LogP contribution >= 0.6 is 0 Å². The number of hydrogen-bond donors (Lipinski definition) is 2. The van der Waals surface area contributed by atoms with Crippen molar-refractivity contribution in [1.82, 2.24) is 4.31 Å². The minimum absolute atomic E-state index is 0.108. The lowest BCUT2D eigenvalue weighted by Crippen LogP contribution is -2.41. The highest BCUT2D eigenvalue weighted by Gasteiger charge is 2.34. The molecule has 3 N–H and O–H groups in total. The van der Waals surface area contributed by atoms with Crippen LogP contribution in [0.5, 0.6) is 0 Å². The van der Waals surface area contributed by atoms with Crippen LogP contribution in [0.3, 0.4) is 0 Å². The number of carboxylic acids is 1. The Bertz CT molecular complexity index is 658. The summed E-state index contributed by atoms with van der Waals surface area (Å²) in [7, 11) is -3.84. The van der Waals surface area contributed by atoms with Gasteiger partial charge in [0.25, 0.3) is 0 Å². The molecule has 0 amide bonds. The van der Waals surface area contributed by atoms with Gasteiger partial charge in [-0.2, -0.15) is 4.31 Å². The summed E-state index contributed by atoms with van der Waals surface area (Å²) in [6.45, 7) is 4.98. The molecule has 0 radical (unpaired) electrons. The van der Waals surface area contributed by atoms with E-state index in [1.165, 1.54) is 22.5 Å². The van der Waals surface area contributed by atoms with Gasteiger partial charge >= 0.3 is 5.97 Å². The maximum Gasteiger partial charge on any atom is 0.337 e. The number of sulfonamides is 1. The van der Waals surface area contributed by atoms with Gasteiger partial charge in [-0.25, -0.2) is 13.2 Å². The number of nitrogens with zero attached hydrogens (tertiary/aromatic N) is 1. The van der Waals surface area contributed by atoms with Gasteiger partial charge < -0.3 is 10.8 Å². The molecule has 1 saturated heterocycles. The molecule has 1 aliphatic rings. The lowest BCUT2D eigenvalue weighted by molar-refractivity contribution is 0.0692. The van der Waals surface area contributed by atoms with E-state index in [4.69, 9.17) is 5.73 Å². The molecule has 6 nitrogen and oxygen atoms in total. The van der Waals surface area contributed by atoms with Crippen molar-refractivity contribution in [3.05, 3.63) is 23.8 Å². The molecule has 1 heterocycles. The molecule has 1 aromatic carbocycles. The molecule has 0 saturated carbocycles. The van der Waals surface area contributed by atoms with Gasteiger partial charge in [0.05, 0.1) is 10.5 Å². The van der Waals surface area contributed by atoms with Crippen LogP contribution in [0.1, 0.15) is 37.0 Å². The van der Waals surface area contributed by atoms with E-state index >= 15 is 0 Å². The number of rotatable bonds is 3. The van der Waals surface area contributed by atoms with Gasteiger partial charge in [0.15, 0.2) is 0 Å². The minimum atomic E-state index is -3.84. The molecule has 1 fully saturated rings. The van der Waals surface area contributed by atoms with Crippen molar-refractivity contribution in [2.24, 2.45) is 5.41 Å². The summed E-state index contributed by atoms with van der Waals surface area (Å²) in [5.41, 5.74) is 5.72. The third kappa shape index (κ3) is 3.19. The number of nitrogen functional groups attached to an aromatic ring is 1. The summed E-state index contributed by atoms with van der Waals surface area (Å²) < 4.78 is 26.7. The van der Waals surface area contributed by atoms with E-state index in [2.05, 4.69) is 13.8 Å². The first-order valence-electron chi connectivity index (χ1n) is 6.76. The van der Waals surface area contributed by atoms with Crippen LogP contribution in [0.4, 0.5) is 5.69 Å². The predicted molar refractivity (Wildman–Crippen MR) is 79.6 cm³/mol. The van der Waals surface area contributed by atoms with Gasteiger partial charge in [-0.15, -0.1) is 0 Å². The highest BCUT2D eigenvalue weighted by Crippen LogP contribution is 2.33. The largest absolute Gasteiger partial charge is 0.478 e. The Labute approximate surface area is 124 Å². The highest BCUT2D eigenvalue weighted by molar-refractivity contribution is 7.89. The molecule has 1 aromatic rings. The fraction of sp³-hybridized carbons (Fsp3) is 0.500. The fourth-order valence-electron chi connectivity index (χ4n) is 2.40. The number of hydrogen-bond acceptors (Lipinski definition) is 4. The zero-order chi connectivity index (χ0) is 15.8. The van der Waals surface area contributed by atoms with Crippen LogP contribution in [-0.2, 0) is 10.0 Å². The maximum atomic E-state index is 12.7. The number of nitrogens with two attached hydrogens (primary N) is 1. The second-order valence-corrected chi connectivity index (χ2v) is 8.04. The van der Waals surface area contributed by atoms with Crippen molar-refractivity contribution < 1.29 is 18.3 Å². The average molecular weight is 312 g/mol. The first-order chi connectivity index (χ1) is 9.63. The third-order valence-electron chi connectivity index (χ3n) is 3.93. The zero-order valence-corrected chi connectivity index (χ0v) is 13.0. The fourth-order valence-corrected chi connectivity index (χ4v) is 4.06. The number of aromatic carboxylic acids is 1. The third-order valence-corrected chi connectivity index (χ3v) is 5.87. The number of piperidine rings is 1. The number of anilines is 1. The van der Waals surface area contributed by atoms with Crippen molar-refractivity contribution in [3.63, 3.8) is 0 Å². The van der Waals surface area contributed by atoms with Crippen LogP contribution in [0, 0.1) is 5.41 Å². The van der Waals surface area contributed by atoms with E-state index in [1.54, 1.807) is 0 Å². The van der Waals surface area contributed by atoms with E-state index < -0.39 is 16.0 Å². The van der Waals surface area contributed by atoms with Gasteiger partial charge in [-0.3, -0.25) is 0 Å². The Balaban J connectivity index is 2.41. The van der Waals surface area contributed by atoms with Gasteiger partial charge in [-0.05, 0) is 36.5 Å². The molecule has 2 rings (SSSR count). The topological polar surface area (TPSA) is 101 Å². The predicted octanol–water partition coefficient (Wildman–Crippen LogP) is 1.78. The number of carbonyl (C=O) groups is 1. The van der Waals surface area contributed by atoms with Gasteiger partial charge in [0.1, 0.15) is 0 Å². The number of carboxylic acid groups (broad SMARTS) is 1. The minimum Gasteiger partial charge on any atom is -0.478 e. The summed E-state index contributed by atoms with van der Waals surface area (Å²) in [5, 5.41) is 9.18. The van der Waals surface area contributed by atoms with Crippen molar-refractivity contribution in [3.8, 4) is 0 Å². The van der Waals surface area contributed by atoms with Crippen LogP contribution < -0.4 is 5.73 Å². The van der Waals surface area contributed by atoms with Crippen LogP contribution in [0.25, 0.3) is 0 Å². The summed E-state index contributed by atoms with van der Waals surface area (Å²) in [4.78, 5) is 11.0. The molecule has 0 aliphatic carbocycles.